The van der Waals surface area contributed by atoms with Crippen molar-refractivity contribution in [1.29, 1.82) is 0 Å². The fraction of sp³-hybridized carbons (Fsp3) is 0.185. The molecule has 5 rings (SSSR count). The lowest BCUT2D eigenvalue weighted by molar-refractivity contribution is -0.120. The molecule has 0 aliphatic carbocycles. The van der Waals surface area contributed by atoms with Crippen LogP contribution in [0.15, 0.2) is 72.4 Å². The second kappa shape index (κ2) is 8.67. The van der Waals surface area contributed by atoms with Crippen LogP contribution >= 0.6 is 0 Å². The summed E-state index contributed by atoms with van der Waals surface area (Å²) in [5.74, 6) is -0.356. The predicted octanol–water partition coefficient (Wildman–Crippen LogP) is 4.19. The summed E-state index contributed by atoms with van der Waals surface area (Å²) in [7, 11) is 3.05. The number of amides is 2. The quantitative estimate of drug-likeness (QED) is 0.537. The fourth-order valence-corrected chi connectivity index (χ4v) is 4.57. The van der Waals surface area contributed by atoms with E-state index in [1.54, 1.807) is 18.2 Å². The van der Waals surface area contributed by atoms with Crippen LogP contribution < -0.4 is 14.4 Å². The molecule has 34 heavy (non-hydrogen) atoms. The molecule has 0 saturated heterocycles. The summed E-state index contributed by atoms with van der Waals surface area (Å²) < 4.78 is 24.3. The molecule has 0 atom stereocenters. The standard InChI is InChI=1S/C27H23FN2O4/c1-33-22-12-7-18(15-23(22)34-2)24-25(29-14-13-17-5-3-4-6-19(17)16-29)27(32)30(26(24)31)21-10-8-20(28)9-11-21/h3-12,15H,13-14,16H2,1-2H3. The Bertz CT molecular complexity index is 1320. The number of imide groups is 1. The molecular formula is C27H23FN2O4. The van der Waals surface area contributed by atoms with Gasteiger partial charge >= 0.3 is 0 Å². The number of ether oxygens (including phenoxy) is 2. The lowest BCUT2D eigenvalue weighted by atomic mass is 9.97. The smallest absolute Gasteiger partial charge is 0.282 e. The van der Waals surface area contributed by atoms with E-state index < -0.39 is 17.6 Å². The van der Waals surface area contributed by atoms with Gasteiger partial charge in [-0.2, -0.15) is 0 Å². The molecule has 6 nitrogen and oxygen atoms in total. The van der Waals surface area contributed by atoms with E-state index in [9.17, 15) is 14.0 Å². The SMILES string of the molecule is COc1ccc(C2=C(N3CCc4ccccc4C3)C(=O)N(c3ccc(F)cc3)C2=O)cc1OC. The number of carbonyl (C=O) groups is 2. The minimum absolute atomic E-state index is 0.287. The van der Waals surface area contributed by atoms with Gasteiger partial charge in [-0.05, 0) is 59.5 Å². The van der Waals surface area contributed by atoms with Crippen molar-refractivity contribution < 1.29 is 23.5 Å². The van der Waals surface area contributed by atoms with Gasteiger partial charge in [-0.25, -0.2) is 9.29 Å². The highest BCUT2D eigenvalue weighted by molar-refractivity contribution is 6.45. The number of methoxy groups -OCH3 is 2. The molecule has 172 valence electrons. The van der Waals surface area contributed by atoms with Gasteiger partial charge in [-0.15, -0.1) is 0 Å². The number of nitrogens with zero attached hydrogens (tertiary/aromatic N) is 2. The Morgan fingerprint density at radius 3 is 2.24 bits per heavy atom. The summed E-state index contributed by atoms with van der Waals surface area (Å²) >= 11 is 0. The van der Waals surface area contributed by atoms with Crippen molar-refractivity contribution in [3.63, 3.8) is 0 Å². The summed E-state index contributed by atoms with van der Waals surface area (Å²) in [5, 5.41) is 0. The van der Waals surface area contributed by atoms with Gasteiger partial charge < -0.3 is 14.4 Å². The molecule has 2 amide bonds. The third kappa shape index (κ3) is 3.59. The van der Waals surface area contributed by atoms with Gasteiger partial charge in [-0.1, -0.05) is 30.3 Å². The lowest BCUT2D eigenvalue weighted by Gasteiger charge is -2.31. The third-order valence-corrected chi connectivity index (χ3v) is 6.26. The van der Waals surface area contributed by atoms with Crippen molar-refractivity contribution in [3.05, 3.63) is 94.9 Å². The van der Waals surface area contributed by atoms with Crippen LogP contribution in [0.2, 0.25) is 0 Å². The van der Waals surface area contributed by atoms with E-state index in [4.69, 9.17) is 9.47 Å². The van der Waals surface area contributed by atoms with Crippen LogP contribution in [0.3, 0.4) is 0 Å². The molecule has 3 aromatic rings. The average molecular weight is 458 g/mol. The molecule has 0 spiro atoms. The molecular weight excluding hydrogens is 435 g/mol. The van der Waals surface area contributed by atoms with E-state index >= 15 is 0 Å². The monoisotopic (exact) mass is 458 g/mol. The van der Waals surface area contributed by atoms with Gasteiger partial charge in [0.2, 0.25) is 0 Å². The summed E-state index contributed by atoms with van der Waals surface area (Å²) in [6.07, 6.45) is 0.761. The topological polar surface area (TPSA) is 59.1 Å². The van der Waals surface area contributed by atoms with E-state index in [0.29, 0.717) is 41.5 Å². The Kier molecular flexibility index (Phi) is 5.53. The number of halogens is 1. The van der Waals surface area contributed by atoms with E-state index in [-0.39, 0.29) is 5.57 Å². The maximum absolute atomic E-state index is 13.7. The Labute approximate surface area is 196 Å². The zero-order valence-corrected chi connectivity index (χ0v) is 18.9. The first-order valence-electron chi connectivity index (χ1n) is 10.9. The maximum Gasteiger partial charge on any atom is 0.282 e. The van der Waals surface area contributed by atoms with E-state index in [1.165, 1.54) is 44.0 Å². The van der Waals surface area contributed by atoms with Crippen molar-refractivity contribution in [1.82, 2.24) is 4.90 Å². The zero-order chi connectivity index (χ0) is 23.8. The van der Waals surface area contributed by atoms with Crippen LogP contribution in [0.25, 0.3) is 5.57 Å². The molecule has 0 saturated carbocycles. The van der Waals surface area contributed by atoms with Crippen LogP contribution in [0, 0.1) is 5.82 Å². The molecule has 7 heteroatoms. The first kappa shape index (κ1) is 21.7. The van der Waals surface area contributed by atoms with Crippen LogP contribution in [0.1, 0.15) is 16.7 Å². The highest BCUT2D eigenvalue weighted by Gasteiger charge is 2.43. The molecule has 0 N–H and O–H groups in total. The Morgan fingerprint density at radius 1 is 0.824 bits per heavy atom. The van der Waals surface area contributed by atoms with Crippen LogP contribution in [-0.2, 0) is 22.6 Å². The van der Waals surface area contributed by atoms with E-state index in [0.717, 1.165) is 16.9 Å². The first-order chi connectivity index (χ1) is 16.5. The number of anilines is 1. The Morgan fingerprint density at radius 2 is 1.53 bits per heavy atom. The molecule has 3 aromatic carbocycles. The van der Waals surface area contributed by atoms with Crippen molar-refractivity contribution >= 4 is 23.1 Å². The van der Waals surface area contributed by atoms with Crippen LogP contribution in [0.4, 0.5) is 10.1 Å². The number of rotatable bonds is 5. The molecule has 0 aromatic heterocycles. The number of carbonyl (C=O) groups excluding carboxylic acids is 2. The van der Waals surface area contributed by atoms with Crippen molar-refractivity contribution in [3.8, 4) is 11.5 Å². The second-order valence-electron chi connectivity index (χ2n) is 8.16. The van der Waals surface area contributed by atoms with Gasteiger partial charge in [0.05, 0.1) is 25.5 Å². The summed E-state index contributed by atoms with van der Waals surface area (Å²) in [5.41, 5.74) is 3.84. The molecule has 2 aliphatic heterocycles. The number of hydrogen-bond acceptors (Lipinski definition) is 5. The normalized spacial score (nSPS) is 15.6. The molecule has 0 radical (unpaired) electrons. The Balaban J connectivity index is 1.64. The minimum atomic E-state index is -0.460. The molecule has 2 heterocycles. The Hall–Kier alpha value is -4.13. The number of benzene rings is 3. The molecule has 0 fully saturated rings. The minimum Gasteiger partial charge on any atom is -0.493 e. The highest BCUT2D eigenvalue weighted by Crippen LogP contribution is 2.39. The van der Waals surface area contributed by atoms with Gasteiger partial charge in [-0.3, -0.25) is 9.59 Å². The predicted molar refractivity (Wildman–Crippen MR) is 126 cm³/mol. The lowest BCUT2D eigenvalue weighted by Crippen LogP contribution is -2.37. The summed E-state index contributed by atoms with van der Waals surface area (Å²) in [4.78, 5) is 30.5. The highest BCUT2D eigenvalue weighted by atomic mass is 19.1. The first-order valence-corrected chi connectivity index (χ1v) is 10.9. The van der Waals surface area contributed by atoms with E-state index in [2.05, 4.69) is 6.07 Å². The van der Waals surface area contributed by atoms with Crippen molar-refractivity contribution in [2.24, 2.45) is 0 Å². The third-order valence-electron chi connectivity index (χ3n) is 6.26. The molecule has 0 bridgehead atoms. The van der Waals surface area contributed by atoms with Gasteiger partial charge in [0.25, 0.3) is 11.8 Å². The summed E-state index contributed by atoms with van der Waals surface area (Å²) in [6, 6.07) is 18.6. The van der Waals surface area contributed by atoms with Crippen LogP contribution in [0.5, 0.6) is 11.5 Å². The molecule has 0 unspecified atom stereocenters. The number of hydrogen-bond donors (Lipinski definition) is 0. The van der Waals surface area contributed by atoms with Crippen LogP contribution in [-0.4, -0.2) is 37.5 Å². The summed E-state index contributed by atoms with van der Waals surface area (Å²) in [6.45, 7) is 1.11. The van der Waals surface area contributed by atoms with Crippen molar-refractivity contribution in [2.75, 3.05) is 25.7 Å². The number of fused-ring (bicyclic) bond motifs is 1. The fourth-order valence-electron chi connectivity index (χ4n) is 4.57. The van der Waals surface area contributed by atoms with Gasteiger partial charge in [0.1, 0.15) is 11.5 Å². The second-order valence-corrected chi connectivity index (χ2v) is 8.16. The largest absolute Gasteiger partial charge is 0.493 e. The average Bonchev–Trinajstić information content (AvgIpc) is 3.13. The molecule has 2 aliphatic rings. The zero-order valence-electron chi connectivity index (χ0n) is 18.9. The van der Waals surface area contributed by atoms with Crippen molar-refractivity contribution in [2.45, 2.75) is 13.0 Å². The maximum atomic E-state index is 13.7. The van der Waals surface area contributed by atoms with E-state index in [1.807, 2.05) is 23.1 Å². The van der Waals surface area contributed by atoms with Gasteiger partial charge in [0, 0.05) is 13.1 Å². The van der Waals surface area contributed by atoms with Gasteiger partial charge in [0.15, 0.2) is 11.5 Å².